The van der Waals surface area contributed by atoms with Gasteiger partial charge >= 0.3 is 11.9 Å². The normalized spacial score (nSPS) is 14.8. The number of aryl methyl sites for hydroxylation is 1. The van der Waals surface area contributed by atoms with Crippen LogP contribution in [0.25, 0.3) is 0 Å². The highest BCUT2D eigenvalue weighted by Gasteiger charge is 2.33. The van der Waals surface area contributed by atoms with Crippen LogP contribution in [0.4, 0.5) is 11.4 Å². The highest BCUT2D eigenvalue weighted by molar-refractivity contribution is 7.92. The second kappa shape index (κ2) is 14.6. The monoisotopic (exact) mass is 640 g/mol. The fourth-order valence-corrected chi connectivity index (χ4v) is 6.72. The van der Waals surface area contributed by atoms with Gasteiger partial charge in [0.2, 0.25) is 0 Å². The maximum atomic E-state index is 13.5. The third-order valence-electron chi connectivity index (χ3n) is 7.27. The van der Waals surface area contributed by atoms with E-state index in [0.29, 0.717) is 38.0 Å². The summed E-state index contributed by atoms with van der Waals surface area (Å²) in [6.45, 7) is 4.64. The Bertz CT molecular complexity index is 1600. The quantitative estimate of drug-likeness (QED) is 0.104. The second-order valence-corrected chi connectivity index (χ2v) is 12.6. The third-order valence-corrected chi connectivity index (χ3v) is 9.56. The molecule has 1 unspecified atom stereocenters. The average molecular weight is 641 g/mol. The van der Waals surface area contributed by atoms with E-state index < -0.39 is 33.3 Å². The van der Waals surface area contributed by atoms with Gasteiger partial charge in [-0.05, 0) is 67.3 Å². The molecule has 44 heavy (non-hydrogen) atoms. The van der Waals surface area contributed by atoms with E-state index in [1.807, 2.05) is 0 Å². The van der Waals surface area contributed by atoms with E-state index in [1.165, 1.54) is 36.4 Å². The zero-order valence-electron chi connectivity index (χ0n) is 24.1. The Morgan fingerprint density at radius 3 is 2.32 bits per heavy atom. The Hall–Kier alpha value is -4.03. The molecule has 3 aromatic rings. The number of rotatable bonds is 11. The largest absolute Gasteiger partial charge is 0.461 e. The molecule has 1 saturated heterocycles. The molecule has 0 saturated carbocycles. The first-order valence-electron chi connectivity index (χ1n) is 13.9. The topological polar surface area (TPSA) is 131 Å². The van der Waals surface area contributed by atoms with Crippen LogP contribution in [-0.2, 0) is 35.4 Å². The number of esters is 1. The lowest BCUT2D eigenvalue weighted by Gasteiger charge is -2.34. The van der Waals surface area contributed by atoms with Gasteiger partial charge in [-0.15, -0.1) is 6.58 Å². The minimum Gasteiger partial charge on any atom is -0.461 e. The maximum Gasteiger partial charge on any atom is 0.441 e. The number of carbonyl (C=O) groups is 3. The number of methoxy groups -OCH3 is 1. The second-order valence-electron chi connectivity index (χ2n) is 10.2. The van der Waals surface area contributed by atoms with Gasteiger partial charge < -0.3 is 14.7 Å². The van der Waals surface area contributed by atoms with E-state index in [4.69, 9.17) is 16.4 Å². The van der Waals surface area contributed by atoms with Gasteiger partial charge in [0.25, 0.3) is 0 Å². The van der Waals surface area contributed by atoms with Crippen molar-refractivity contribution in [2.75, 3.05) is 25.3 Å². The molecule has 1 aliphatic heterocycles. The predicted molar refractivity (Wildman–Crippen MR) is 165 cm³/mol. The molecule has 1 fully saturated rings. The van der Waals surface area contributed by atoms with Crippen molar-refractivity contribution >= 4 is 50.5 Å². The zero-order chi connectivity index (χ0) is 31.9. The molecule has 0 radical (unpaired) electrons. The van der Waals surface area contributed by atoms with Crippen LogP contribution in [-0.4, -0.2) is 67.8 Å². The van der Waals surface area contributed by atoms with Crippen LogP contribution >= 0.6 is 11.6 Å². The van der Waals surface area contributed by atoms with E-state index >= 15 is 0 Å². The lowest BCUT2D eigenvalue weighted by Crippen LogP contribution is -2.45. The summed E-state index contributed by atoms with van der Waals surface area (Å²) in [7, 11) is -2.71. The number of sulfone groups is 1. The Morgan fingerprint density at radius 1 is 1.05 bits per heavy atom. The molecule has 0 bridgehead atoms. The van der Waals surface area contributed by atoms with Crippen molar-refractivity contribution in [3.63, 3.8) is 0 Å². The van der Waals surface area contributed by atoms with E-state index in [1.54, 1.807) is 47.4 Å². The fourth-order valence-electron chi connectivity index (χ4n) is 4.91. The number of ether oxygens (including phenoxy) is 1. The lowest BCUT2D eigenvalue weighted by molar-refractivity contribution is -0.166. The average Bonchev–Trinajstić information content (AvgIpc) is 3.03. The number of benzene rings is 3. The molecule has 1 N–H and O–H groups in total. The van der Waals surface area contributed by atoms with Crippen molar-refractivity contribution < 1.29 is 37.5 Å². The fraction of sp³-hybridized carbons (Fsp3) is 0.281. The highest BCUT2D eigenvalue weighted by Crippen LogP contribution is 2.33. The van der Waals surface area contributed by atoms with Gasteiger partial charge in [-0.1, -0.05) is 48.0 Å². The van der Waals surface area contributed by atoms with Crippen LogP contribution in [0.3, 0.4) is 0 Å². The number of para-hydroxylation sites is 1. The van der Waals surface area contributed by atoms with E-state index in [2.05, 4.69) is 11.3 Å². The highest BCUT2D eigenvalue weighted by atomic mass is 35.5. The minimum atomic E-state index is -3.76. The number of hydrogen-bond acceptors (Lipinski definition) is 10. The molecule has 0 aliphatic carbocycles. The van der Waals surface area contributed by atoms with Crippen molar-refractivity contribution in [3.8, 4) is 0 Å². The number of Topliss-reactive ketones (excluding diaryl/α,β-unsaturated/α-hetero) is 1. The van der Waals surface area contributed by atoms with Crippen LogP contribution in [0.15, 0.2) is 90.3 Å². The van der Waals surface area contributed by atoms with Crippen molar-refractivity contribution in [3.05, 3.63) is 102 Å². The number of carbonyl (C=O) groups excluding carboxylic acids is 3. The van der Waals surface area contributed by atoms with Crippen LogP contribution < -0.4 is 5.06 Å². The van der Waals surface area contributed by atoms with Crippen molar-refractivity contribution in [2.24, 2.45) is 0 Å². The number of nitrogens with zero attached hydrogens (tertiary/aromatic N) is 2. The predicted octanol–water partition coefficient (Wildman–Crippen LogP) is 4.67. The number of halogens is 1. The number of likely N-dealkylation sites (tertiary alicyclic amines) is 1. The van der Waals surface area contributed by atoms with Gasteiger partial charge in [0.15, 0.2) is 15.6 Å². The van der Waals surface area contributed by atoms with Crippen LogP contribution in [0.2, 0.25) is 5.02 Å². The van der Waals surface area contributed by atoms with Crippen molar-refractivity contribution in [2.45, 2.75) is 42.1 Å². The third kappa shape index (κ3) is 7.72. The Balaban J connectivity index is 1.52. The van der Waals surface area contributed by atoms with Gasteiger partial charge in [-0.3, -0.25) is 9.69 Å². The van der Waals surface area contributed by atoms with E-state index in [0.717, 1.165) is 17.7 Å². The minimum absolute atomic E-state index is 0.0414. The molecule has 0 aromatic heterocycles. The van der Waals surface area contributed by atoms with Gasteiger partial charge in [-0.2, -0.15) is 5.06 Å². The first kappa shape index (κ1) is 32.9. The first-order valence-corrected chi connectivity index (χ1v) is 15.8. The number of piperidine rings is 1. The summed E-state index contributed by atoms with van der Waals surface area (Å²) in [5.41, 5.74) is 1.43. The molecule has 0 amide bonds. The molecule has 12 heteroatoms. The summed E-state index contributed by atoms with van der Waals surface area (Å²) >= 11 is 6.25. The number of aliphatic hydroxyl groups is 1. The summed E-state index contributed by atoms with van der Waals surface area (Å²) in [6, 6.07) is 19.2. The van der Waals surface area contributed by atoms with E-state index in [-0.39, 0.29) is 33.4 Å². The molecule has 1 aliphatic rings. The van der Waals surface area contributed by atoms with Crippen LogP contribution in [0, 0.1) is 0 Å². The van der Waals surface area contributed by atoms with Crippen LogP contribution in [0.1, 0.15) is 35.2 Å². The maximum absolute atomic E-state index is 13.5. The molecule has 3 aromatic carbocycles. The lowest BCUT2D eigenvalue weighted by atomic mass is 10.0. The Morgan fingerprint density at radius 2 is 1.70 bits per heavy atom. The summed E-state index contributed by atoms with van der Waals surface area (Å²) in [5, 5.41) is 10.2. The SMILES string of the molecule is C=CC(N1CCC(O)CC1)S(=O)(=O)c1ccc(CCC(=O)c2ccc(Cl)cc2N(OC(=O)C(=O)OC)c2ccccc2)cc1. The van der Waals surface area contributed by atoms with Gasteiger partial charge in [0.1, 0.15) is 5.37 Å². The molecule has 1 heterocycles. The summed E-state index contributed by atoms with van der Waals surface area (Å²) in [4.78, 5) is 44.9. The summed E-state index contributed by atoms with van der Waals surface area (Å²) in [6.07, 6.45) is 2.31. The van der Waals surface area contributed by atoms with Gasteiger partial charge in [0.05, 0.1) is 29.5 Å². The standard InChI is InChI=1S/C32H33ClN2O8S/c1-3-30(34-19-17-25(36)18-20-34)44(40,41)26-13-9-22(10-14-26)11-16-29(37)27-15-12-23(33)21-28(27)35(24-7-5-4-6-8-24)43-32(39)31(38)42-2/h3-10,12-15,21,25,30,36H,1,11,16-20H2,2H3. The number of aliphatic hydroxyl groups excluding tert-OH is 1. The molecule has 0 spiro atoms. The Kier molecular flexibility index (Phi) is 10.9. The zero-order valence-corrected chi connectivity index (χ0v) is 25.7. The summed E-state index contributed by atoms with van der Waals surface area (Å²) in [5.74, 6) is -2.82. The summed E-state index contributed by atoms with van der Waals surface area (Å²) < 4.78 is 31.2. The van der Waals surface area contributed by atoms with Crippen LogP contribution in [0.5, 0.6) is 0 Å². The van der Waals surface area contributed by atoms with Gasteiger partial charge in [-0.25, -0.2) is 18.0 Å². The molecule has 4 rings (SSSR count). The number of ketones is 1. The van der Waals surface area contributed by atoms with Crippen molar-refractivity contribution in [1.29, 1.82) is 0 Å². The number of hydrogen-bond donors (Lipinski definition) is 1. The first-order chi connectivity index (χ1) is 21.0. The molecule has 232 valence electrons. The van der Waals surface area contributed by atoms with Crippen molar-refractivity contribution in [1.82, 2.24) is 4.90 Å². The van der Waals surface area contributed by atoms with E-state index in [9.17, 15) is 27.9 Å². The molecule has 10 nitrogen and oxygen atoms in total. The Labute approximate surface area is 261 Å². The smallest absolute Gasteiger partial charge is 0.441 e. The molecular weight excluding hydrogens is 608 g/mol. The molecular formula is C32H33ClN2O8S. The molecule has 1 atom stereocenters. The number of anilines is 2. The van der Waals surface area contributed by atoms with Gasteiger partial charge in [0, 0.05) is 30.1 Å².